The van der Waals surface area contributed by atoms with E-state index in [1.54, 1.807) is 0 Å². The first-order valence-corrected chi connectivity index (χ1v) is 5.12. The Morgan fingerprint density at radius 1 is 1.36 bits per heavy atom. The molecule has 0 aliphatic heterocycles. The van der Waals surface area contributed by atoms with Crippen molar-refractivity contribution >= 4 is 0 Å². The molecule has 14 heavy (non-hydrogen) atoms. The maximum atomic E-state index is 10.3. The molecule has 1 aromatic rings. The van der Waals surface area contributed by atoms with E-state index in [1.807, 2.05) is 31.2 Å². The van der Waals surface area contributed by atoms with Gasteiger partial charge in [0.25, 0.3) is 0 Å². The molecule has 1 unspecified atom stereocenters. The fraction of sp³-hybridized carbons (Fsp3) is 0.500. The molecule has 0 saturated carbocycles. The highest BCUT2D eigenvalue weighted by atomic mass is 16.3. The SMILES string of the molecule is CCCC(O)(CN)c1ccccc1C. The lowest BCUT2D eigenvalue weighted by Gasteiger charge is -2.28. The lowest BCUT2D eigenvalue weighted by Crippen LogP contribution is -2.35. The van der Waals surface area contributed by atoms with E-state index >= 15 is 0 Å². The molecule has 0 amide bonds. The Morgan fingerprint density at radius 2 is 2.00 bits per heavy atom. The molecule has 0 saturated heterocycles. The van der Waals surface area contributed by atoms with Crippen LogP contribution in [0.1, 0.15) is 30.9 Å². The molecule has 0 aromatic heterocycles. The molecule has 0 heterocycles. The summed E-state index contributed by atoms with van der Waals surface area (Å²) in [4.78, 5) is 0. The predicted molar refractivity (Wildman–Crippen MR) is 59.0 cm³/mol. The highest BCUT2D eigenvalue weighted by Gasteiger charge is 2.27. The summed E-state index contributed by atoms with van der Waals surface area (Å²) in [6.45, 7) is 4.34. The summed E-state index contributed by atoms with van der Waals surface area (Å²) in [5.74, 6) is 0. The van der Waals surface area contributed by atoms with Crippen LogP contribution in [0.3, 0.4) is 0 Å². The van der Waals surface area contributed by atoms with Gasteiger partial charge in [0.05, 0.1) is 0 Å². The summed E-state index contributed by atoms with van der Waals surface area (Å²) in [6, 6.07) is 7.88. The normalized spacial score (nSPS) is 15.1. The number of aliphatic hydroxyl groups is 1. The molecule has 3 N–H and O–H groups in total. The molecule has 0 aliphatic rings. The summed E-state index contributed by atoms with van der Waals surface area (Å²) in [5.41, 5.74) is 6.86. The van der Waals surface area contributed by atoms with Gasteiger partial charge < -0.3 is 10.8 Å². The van der Waals surface area contributed by atoms with Crippen LogP contribution < -0.4 is 5.73 Å². The van der Waals surface area contributed by atoms with Crippen LogP contribution in [-0.2, 0) is 5.60 Å². The van der Waals surface area contributed by atoms with Gasteiger partial charge in [-0.2, -0.15) is 0 Å². The van der Waals surface area contributed by atoms with Crippen LogP contribution in [0.4, 0.5) is 0 Å². The minimum absolute atomic E-state index is 0.283. The van der Waals surface area contributed by atoms with Crippen molar-refractivity contribution < 1.29 is 5.11 Å². The van der Waals surface area contributed by atoms with E-state index in [0.717, 1.165) is 17.5 Å². The molecule has 1 aromatic carbocycles. The van der Waals surface area contributed by atoms with Gasteiger partial charge in [-0.3, -0.25) is 0 Å². The molecule has 2 nitrogen and oxygen atoms in total. The maximum absolute atomic E-state index is 10.3. The molecular formula is C12H19NO. The Bertz CT molecular complexity index is 298. The van der Waals surface area contributed by atoms with Gasteiger partial charge in [-0.05, 0) is 24.5 Å². The van der Waals surface area contributed by atoms with Gasteiger partial charge in [0.15, 0.2) is 0 Å². The first-order chi connectivity index (χ1) is 6.64. The molecule has 2 heteroatoms. The van der Waals surface area contributed by atoms with Crippen LogP contribution in [0.25, 0.3) is 0 Å². The minimum atomic E-state index is -0.847. The van der Waals surface area contributed by atoms with Crippen LogP contribution in [0.2, 0.25) is 0 Å². The van der Waals surface area contributed by atoms with E-state index in [4.69, 9.17) is 5.73 Å². The molecule has 1 rings (SSSR count). The van der Waals surface area contributed by atoms with Crippen molar-refractivity contribution in [1.82, 2.24) is 0 Å². The molecule has 1 atom stereocenters. The van der Waals surface area contributed by atoms with E-state index in [1.165, 1.54) is 0 Å². The van der Waals surface area contributed by atoms with Gasteiger partial charge in [-0.25, -0.2) is 0 Å². The van der Waals surface area contributed by atoms with Gasteiger partial charge >= 0.3 is 0 Å². The first kappa shape index (κ1) is 11.2. The largest absolute Gasteiger partial charge is 0.384 e. The van der Waals surface area contributed by atoms with Crippen LogP contribution in [0.5, 0.6) is 0 Å². The maximum Gasteiger partial charge on any atom is 0.102 e. The van der Waals surface area contributed by atoms with E-state index in [2.05, 4.69) is 6.92 Å². The predicted octanol–water partition coefficient (Wildman–Crippen LogP) is 1.94. The van der Waals surface area contributed by atoms with Crippen molar-refractivity contribution in [2.45, 2.75) is 32.3 Å². The van der Waals surface area contributed by atoms with Crippen molar-refractivity contribution in [2.75, 3.05) is 6.54 Å². The Labute approximate surface area is 85.8 Å². The van der Waals surface area contributed by atoms with Crippen molar-refractivity contribution in [3.05, 3.63) is 35.4 Å². The molecule has 0 aliphatic carbocycles. The first-order valence-electron chi connectivity index (χ1n) is 5.12. The standard InChI is InChI=1S/C12H19NO/c1-3-8-12(14,9-13)11-7-5-4-6-10(11)2/h4-7,14H,3,8-9,13H2,1-2H3. The molecule has 78 valence electrons. The lowest BCUT2D eigenvalue weighted by molar-refractivity contribution is 0.0353. The van der Waals surface area contributed by atoms with Crippen molar-refractivity contribution in [2.24, 2.45) is 5.73 Å². The van der Waals surface area contributed by atoms with Gasteiger partial charge in [0.1, 0.15) is 5.60 Å². The fourth-order valence-electron chi connectivity index (χ4n) is 1.86. The Morgan fingerprint density at radius 3 is 2.50 bits per heavy atom. The minimum Gasteiger partial charge on any atom is -0.384 e. The number of hydrogen-bond donors (Lipinski definition) is 2. The third kappa shape index (κ3) is 2.14. The topological polar surface area (TPSA) is 46.2 Å². The Hall–Kier alpha value is -0.860. The van der Waals surface area contributed by atoms with E-state index in [0.29, 0.717) is 6.42 Å². The molecular weight excluding hydrogens is 174 g/mol. The van der Waals surface area contributed by atoms with Crippen LogP contribution >= 0.6 is 0 Å². The zero-order valence-corrected chi connectivity index (χ0v) is 8.96. The van der Waals surface area contributed by atoms with E-state index in [-0.39, 0.29) is 6.54 Å². The molecule has 0 radical (unpaired) electrons. The lowest BCUT2D eigenvalue weighted by atomic mass is 9.86. The number of aryl methyl sites for hydroxylation is 1. The van der Waals surface area contributed by atoms with Gasteiger partial charge in [-0.1, -0.05) is 37.6 Å². The zero-order chi connectivity index (χ0) is 10.6. The highest BCUT2D eigenvalue weighted by molar-refractivity contribution is 5.31. The summed E-state index contributed by atoms with van der Waals surface area (Å²) < 4.78 is 0. The van der Waals surface area contributed by atoms with Crippen molar-refractivity contribution in [3.8, 4) is 0 Å². The molecule has 0 fully saturated rings. The van der Waals surface area contributed by atoms with Gasteiger partial charge in [0.2, 0.25) is 0 Å². The van der Waals surface area contributed by atoms with Crippen molar-refractivity contribution in [3.63, 3.8) is 0 Å². The van der Waals surface area contributed by atoms with E-state index in [9.17, 15) is 5.11 Å². The summed E-state index contributed by atoms with van der Waals surface area (Å²) in [7, 11) is 0. The highest BCUT2D eigenvalue weighted by Crippen LogP contribution is 2.27. The third-order valence-electron chi connectivity index (χ3n) is 2.65. The quantitative estimate of drug-likeness (QED) is 0.767. The second kappa shape index (κ2) is 4.58. The zero-order valence-electron chi connectivity index (χ0n) is 8.96. The molecule has 0 spiro atoms. The van der Waals surface area contributed by atoms with Gasteiger partial charge in [-0.15, -0.1) is 0 Å². The van der Waals surface area contributed by atoms with Crippen LogP contribution in [-0.4, -0.2) is 11.7 Å². The Balaban J connectivity index is 3.05. The number of rotatable bonds is 4. The number of hydrogen-bond acceptors (Lipinski definition) is 2. The number of benzene rings is 1. The van der Waals surface area contributed by atoms with Crippen molar-refractivity contribution in [1.29, 1.82) is 0 Å². The fourth-order valence-corrected chi connectivity index (χ4v) is 1.86. The summed E-state index contributed by atoms with van der Waals surface area (Å²) >= 11 is 0. The third-order valence-corrected chi connectivity index (χ3v) is 2.65. The van der Waals surface area contributed by atoms with E-state index < -0.39 is 5.60 Å². The average Bonchev–Trinajstić information content (AvgIpc) is 2.18. The average molecular weight is 193 g/mol. The smallest absolute Gasteiger partial charge is 0.102 e. The second-order valence-corrected chi connectivity index (χ2v) is 3.80. The second-order valence-electron chi connectivity index (χ2n) is 3.80. The van der Waals surface area contributed by atoms with Crippen LogP contribution in [0.15, 0.2) is 24.3 Å². The molecule has 0 bridgehead atoms. The van der Waals surface area contributed by atoms with Gasteiger partial charge in [0, 0.05) is 6.54 Å². The van der Waals surface area contributed by atoms with Crippen LogP contribution in [0, 0.1) is 6.92 Å². The Kier molecular flexibility index (Phi) is 3.67. The number of nitrogens with two attached hydrogens (primary N) is 1. The monoisotopic (exact) mass is 193 g/mol. The summed E-state index contributed by atoms with van der Waals surface area (Å²) in [5, 5.41) is 10.3. The summed E-state index contributed by atoms with van der Waals surface area (Å²) in [6.07, 6.45) is 1.65.